The van der Waals surface area contributed by atoms with Gasteiger partial charge in [0.1, 0.15) is 11.6 Å². The molecule has 0 aliphatic heterocycles. The normalized spacial score (nSPS) is 10.4. The van der Waals surface area contributed by atoms with Gasteiger partial charge in [-0.15, -0.1) is 0 Å². The fourth-order valence-corrected chi connectivity index (χ4v) is 2.50. The van der Waals surface area contributed by atoms with Crippen molar-refractivity contribution in [1.82, 2.24) is 0 Å². The summed E-state index contributed by atoms with van der Waals surface area (Å²) in [6.45, 7) is 0.846. The molecule has 0 saturated heterocycles. The Bertz CT molecular complexity index is 1020. The number of carbonyl (C=O) groups is 3. The predicted molar refractivity (Wildman–Crippen MR) is 99.5 cm³/mol. The number of furan rings is 1. The molecule has 0 aliphatic carbocycles. The van der Waals surface area contributed by atoms with Crippen LogP contribution in [0.15, 0.2) is 65.1 Å². The molecule has 1 heterocycles. The largest absolute Gasteiger partial charge is 0.450 e. The highest BCUT2D eigenvalue weighted by Crippen LogP contribution is 2.23. The van der Waals surface area contributed by atoms with Crippen LogP contribution in [0.25, 0.3) is 11.3 Å². The molecule has 6 nitrogen and oxygen atoms in total. The van der Waals surface area contributed by atoms with Gasteiger partial charge in [-0.25, -0.2) is 9.18 Å². The molecular formula is C21H16FNO5. The number of ketones is 1. The van der Waals surface area contributed by atoms with Crippen LogP contribution in [-0.2, 0) is 9.53 Å². The minimum atomic E-state index is -0.816. The molecule has 1 N–H and O–H groups in total. The van der Waals surface area contributed by atoms with Crippen LogP contribution in [0.3, 0.4) is 0 Å². The van der Waals surface area contributed by atoms with E-state index in [1.165, 1.54) is 37.3 Å². The molecule has 2 aromatic carbocycles. The van der Waals surface area contributed by atoms with E-state index in [4.69, 9.17) is 9.15 Å². The van der Waals surface area contributed by atoms with Crippen LogP contribution < -0.4 is 5.32 Å². The molecule has 0 aliphatic rings. The summed E-state index contributed by atoms with van der Waals surface area (Å²) in [7, 11) is 0. The molecule has 1 aromatic heterocycles. The van der Waals surface area contributed by atoms with Gasteiger partial charge in [-0.1, -0.05) is 12.1 Å². The summed E-state index contributed by atoms with van der Waals surface area (Å²) >= 11 is 0. The standard InChI is InChI=1S/C21H16FNO5/c1-13(24)16-4-2-3-5-17(16)23-20(25)12-27-21(26)19-11-10-18(28-19)14-6-8-15(22)9-7-14/h2-11H,12H2,1H3,(H,23,25). The van der Waals surface area contributed by atoms with Gasteiger partial charge < -0.3 is 14.5 Å². The quantitative estimate of drug-likeness (QED) is 0.514. The third kappa shape index (κ3) is 4.50. The first-order valence-corrected chi connectivity index (χ1v) is 8.37. The lowest BCUT2D eigenvalue weighted by Gasteiger charge is -2.09. The summed E-state index contributed by atoms with van der Waals surface area (Å²) in [5.74, 6) is -1.71. The lowest BCUT2D eigenvalue weighted by atomic mass is 10.1. The van der Waals surface area contributed by atoms with E-state index in [2.05, 4.69) is 5.32 Å². The number of esters is 1. The van der Waals surface area contributed by atoms with Crippen LogP contribution in [0.1, 0.15) is 27.8 Å². The summed E-state index contributed by atoms with van der Waals surface area (Å²) in [5, 5.41) is 2.53. The lowest BCUT2D eigenvalue weighted by Crippen LogP contribution is -2.21. The third-order valence-corrected chi connectivity index (χ3v) is 3.85. The highest BCUT2D eigenvalue weighted by molar-refractivity contribution is 6.04. The first-order valence-electron chi connectivity index (χ1n) is 8.37. The molecule has 3 rings (SSSR count). The molecule has 1 amide bonds. The van der Waals surface area contributed by atoms with Gasteiger partial charge in [0.2, 0.25) is 5.76 Å². The second kappa shape index (κ2) is 8.30. The number of carbonyl (C=O) groups excluding carboxylic acids is 3. The molecule has 0 fully saturated rings. The molecule has 28 heavy (non-hydrogen) atoms. The van der Waals surface area contributed by atoms with Gasteiger partial charge >= 0.3 is 5.97 Å². The lowest BCUT2D eigenvalue weighted by molar-refractivity contribution is -0.119. The van der Waals surface area contributed by atoms with E-state index in [1.54, 1.807) is 30.3 Å². The summed E-state index contributed by atoms with van der Waals surface area (Å²) in [5.41, 5.74) is 1.30. The van der Waals surface area contributed by atoms with Gasteiger partial charge in [0.05, 0.1) is 5.69 Å². The van der Waals surface area contributed by atoms with Crippen LogP contribution in [-0.4, -0.2) is 24.3 Å². The van der Waals surface area contributed by atoms with Crippen LogP contribution in [0, 0.1) is 5.82 Å². The molecule has 0 spiro atoms. The van der Waals surface area contributed by atoms with E-state index in [1.807, 2.05) is 0 Å². The number of para-hydroxylation sites is 1. The van der Waals surface area contributed by atoms with E-state index in [0.29, 0.717) is 22.6 Å². The number of benzene rings is 2. The van der Waals surface area contributed by atoms with Gasteiger partial charge in [-0.05, 0) is 55.5 Å². The maximum atomic E-state index is 13.0. The predicted octanol–water partition coefficient (Wildman–Crippen LogP) is 4.08. The summed E-state index contributed by atoms with van der Waals surface area (Å²) < 4.78 is 23.3. The second-order valence-corrected chi connectivity index (χ2v) is 5.90. The molecule has 142 valence electrons. The molecule has 0 atom stereocenters. The minimum absolute atomic E-state index is 0.0868. The Morgan fingerprint density at radius 1 is 1.00 bits per heavy atom. The van der Waals surface area contributed by atoms with Crippen molar-refractivity contribution in [2.45, 2.75) is 6.92 Å². The molecular weight excluding hydrogens is 365 g/mol. The van der Waals surface area contributed by atoms with Gasteiger partial charge in [0, 0.05) is 11.1 Å². The number of anilines is 1. The van der Waals surface area contributed by atoms with Crippen LogP contribution in [0.4, 0.5) is 10.1 Å². The monoisotopic (exact) mass is 381 g/mol. The topological polar surface area (TPSA) is 85.6 Å². The first kappa shape index (κ1) is 19.0. The third-order valence-electron chi connectivity index (χ3n) is 3.85. The number of nitrogens with one attached hydrogen (secondary N) is 1. The van der Waals surface area contributed by atoms with Crippen molar-refractivity contribution >= 4 is 23.3 Å². The Kier molecular flexibility index (Phi) is 5.64. The minimum Gasteiger partial charge on any atom is -0.450 e. The van der Waals surface area contributed by atoms with E-state index in [9.17, 15) is 18.8 Å². The van der Waals surface area contributed by atoms with Crippen molar-refractivity contribution in [1.29, 1.82) is 0 Å². The summed E-state index contributed by atoms with van der Waals surface area (Å²) in [6, 6.07) is 15.1. The summed E-state index contributed by atoms with van der Waals surface area (Å²) in [4.78, 5) is 35.6. The van der Waals surface area contributed by atoms with Crippen molar-refractivity contribution in [3.63, 3.8) is 0 Å². The van der Waals surface area contributed by atoms with E-state index in [0.717, 1.165) is 0 Å². The zero-order valence-corrected chi connectivity index (χ0v) is 14.9. The molecule has 3 aromatic rings. The van der Waals surface area contributed by atoms with Crippen molar-refractivity contribution in [3.8, 4) is 11.3 Å². The SMILES string of the molecule is CC(=O)c1ccccc1NC(=O)COC(=O)c1ccc(-c2ccc(F)cc2)o1. The van der Waals surface area contributed by atoms with E-state index >= 15 is 0 Å². The van der Waals surface area contributed by atoms with Crippen molar-refractivity contribution in [3.05, 3.63) is 77.8 Å². The number of amides is 1. The Morgan fingerprint density at radius 3 is 2.43 bits per heavy atom. The number of rotatable bonds is 6. The van der Waals surface area contributed by atoms with E-state index in [-0.39, 0.29) is 17.4 Å². The number of ether oxygens (including phenoxy) is 1. The average Bonchev–Trinajstić information content (AvgIpc) is 3.17. The Hall–Kier alpha value is -3.74. The zero-order valence-electron chi connectivity index (χ0n) is 14.9. The molecule has 0 saturated carbocycles. The number of hydrogen-bond donors (Lipinski definition) is 1. The maximum absolute atomic E-state index is 13.0. The van der Waals surface area contributed by atoms with Crippen molar-refractivity contribution in [2.75, 3.05) is 11.9 Å². The number of Topliss-reactive ketones (excluding diaryl/α,β-unsaturated/α-hetero) is 1. The Morgan fingerprint density at radius 2 is 1.71 bits per heavy atom. The fraction of sp³-hybridized carbons (Fsp3) is 0.0952. The van der Waals surface area contributed by atoms with Crippen molar-refractivity contribution in [2.24, 2.45) is 0 Å². The number of hydrogen-bond acceptors (Lipinski definition) is 5. The summed E-state index contributed by atoms with van der Waals surface area (Å²) in [6.07, 6.45) is 0. The Labute approximate surface area is 159 Å². The van der Waals surface area contributed by atoms with Crippen LogP contribution >= 0.6 is 0 Å². The number of halogens is 1. The highest BCUT2D eigenvalue weighted by atomic mass is 19.1. The van der Waals surface area contributed by atoms with Gasteiger partial charge in [-0.3, -0.25) is 9.59 Å². The van der Waals surface area contributed by atoms with Gasteiger partial charge in [0.25, 0.3) is 5.91 Å². The molecule has 0 bridgehead atoms. The second-order valence-electron chi connectivity index (χ2n) is 5.90. The molecule has 0 radical (unpaired) electrons. The highest BCUT2D eigenvalue weighted by Gasteiger charge is 2.16. The first-order chi connectivity index (χ1) is 13.4. The molecule has 0 unspecified atom stereocenters. The Balaban J connectivity index is 1.59. The average molecular weight is 381 g/mol. The van der Waals surface area contributed by atoms with Gasteiger partial charge in [-0.2, -0.15) is 0 Å². The fourth-order valence-electron chi connectivity index (χ4n) is 2.50. The van der Waals surface area contributed by atoms with Crippen LogP contribution in [0.2, 0.25) is 0 Å². The van der Waals surface area contributed by atoms with E-state index < -0.39 is 18.5 Å². The maximum Gasteiger partial charge on any atom is 0.374 e. The zero-order chi connectivity index (χ0) is 20.1. The van der Waals surface area contributed by atoms with Gasteiger partial charge in [0.15, 0.2) is 12.4 Å². The van der Waals surface area contributed by atoms with Crippen molar-refractivity contribution < 1.29 is 27.9 Å². The molecule has 7 heteroatoms. The smallest absolute Gasteiger partial charge is 0.374 e. The van der Waals surface area contributed by atoms with Crippen LogP contribution in [0.5, 0.6) is 0 Å².